The molecule has 100 valence electrons. The number of hydrogen-bond donors (Lipinski definition) is 2. The quantitative estimate of drug-likeness (QED) is 0.769. The van der Waals surface area contributed by atoms with Crippen molar-refractivity contribution in [3.63, 3.8) is 0 Å². The van der Waals surface area contributed by atoms with Crippen LogP contribution in [0.5, 0.6) is 0 Å². The lowest BCUT2D eigenvalue weighted by Crippen LogP contribution is -2.49. The Hall–Kier alpha value is -0.810. The third-order valence-electron chi connectivity index (χ3n) is 3.39. The van der Waals surface area contributed by atoms with E-state index in [0.717, 1.165) is 19.5 Å². The smallest absolute Gasteiger partial charge is 0.407 e. The molecule has 0 aliphatic carbocycles. The van der Waals surface area contributed by atoms with E-state index in [4.69, 9.17) is 5.73 Å². The third kappa shape index (κ3) is 3.85. The molecule has 1 amide bonds. The largest absolute Gasteiger partial charge is 0.453 e. The Morgan fingerprint density at radius 3 is 2.71 bits per heavy atom. The highest BCUT2D eigenvalue weighted by Gasteiger charge is 2.34. The predicted octanol–water partition coefficient (Wildman–Crippen LogP) is 0.790. The Bertz CT molecular complexity index is 263. The Kier molecular flexibility index (Phi) is 4.77. The van der Waals surface area contributed by atoms with Crippen molar-refractivity contribution in [3.8, 4) is 0 Å². The van der Waals surface area contributed by atoms with Crippen molar-refractivity contribution in [2.24, 2.45) is 11.1 Å². The summed E-state index contributed by atoms with van der Waals surface area (Å²) in [5.74, 6) is 0. The van der Waals surface area contributed by atoms with Crippen molar-refractivity contribution in [3.05, 3.63) is 0 Å². The third-order valence-corrected chi connectivity index (χ3v) is 3.39. The van der Waals surface area contributed by atoms with Crippen molar-refractivity contribution < 1.29 is 9.53 Å². The number of carbonyl (C=O) groups excluding carboxylic acids is 1. The van der Waals surface area contributed by atoms with Crippen LogP contribution in [-0.2, 0) is 4.74 Å². The number of rotatable bonds is 3. The SMILES string of the molecule is COC(=O)NC1CCN(C(CN)C(C)(C)C)C1. The standard InChI is InChI=1S/C12H25N3O2/c1-12(2,3)10(7-13)15-6-5-9(8-15)14-11(16)17-4/h9-10H,5-8,13H2,1-4H3,(H,14,16). The normalized spacial score (nSPS) is 23.5. The van der Waals surface area contributed by atoms with Gasteiger partial charge >= 0.3 is 6.09 Å². The maximum absolute atomic E-state index is 11.1. The van der Waals surface area contributed by atoms with Gasteiger partial charge in [0, 0.05) is 31.7 Å². The van der Waals surface area contributed by atoms with Gasteiger partial charge in [-0.15, -0.1) is 0 Å². The van der Waals surface area contributed by atoms with Gasteiger partial charge in [0.15, 0.2) is 0 Å². The first-order chi connectivity index (χ1) is 7.88. The van der Waals surface area contributed by atoms with Crippen LogP contribution in [0, 0.1) is 5.41 Å². The zero-order valence-electron chi connectivity index (χ0n) is 11.3. The van der Waals surface area contributed by atoms with Crippen molar-refractivity contribution >= 4 is 6.09 Å². The molecule has 0 aromatic heterocycles. The first-order valence-corrected chi connectivity index (χ1v) is 6.17. The zero-order chi connectivity index (χ0) is 13.1. The number of nitrogens with one attached hydrogen (secondary N) is 1. The van der Waals surface area contributed by atoms with Crippen LogP contribution < -0.4 is 11.1 Å². The number of amides is 1. The minimum absolute atomic E-state index is 0.162. The molecule has 1 rings (SSSR count). The van der Waals surface area contributed by atoms with Crippen LogP contribution in [0.3, 0.4) is 0 Å². The van der Waals surface area contributed by atoms with E-state index in [9.17, 15) is 4.79 Å². The molecular weight excluding hydrogens is 218 g/mol. The molecule has 2 atom stereocenters. The van der Waals surface area contributed by atoms with Crippen LogP contribution in [0.15, 0.2) is 0 Å². The molecule has 0 aromatic carbocycles. The van der Waals surface area contributed by atoms with Crippen LogP contribution in [0.2, 0.25) is 0 Å². The maximum Gasteiger partial charge on any atom is 0.407 e. The Morgan fingerprint density at radius 1 is 1.59 bits per heavy atom. The number of hydrogen-bond acceptors (Lipinski definition) is 4. The topological polar surface area (TPSA) is 67.6 Å². The molecule has 0 aromatic rings. The molecule has 2 unspecified atom stereocenters. The van der Waals surface area contributed by atoms with E-state index in [1.165, 1.54) is 7.11 Å². The Morgan fingerprint density at radius 2 is 2.24 bits per heavy atom. The number of methoxy groups -OCH3 is 1. The van der Waals surface area contributed by atoms with Crippen molar-refractivity contribution in [2.75, 3.05) is 26.7 Å². The summed E-state index contributed by atoms with van der Waals surface area (Å²) in [6, 6.07) is 0.533. The van der Waals surface area contributed by atoms with Gasteiger partial charge in [-0.25, -0.2) is 4.79 Å². The summed E-state index contributed by atoms with van der Waals surface area (Å²) in [6.45, 7) is 9.08. The summed E-state index contributed by atoms with van der Waals surface area (Å²) in [4.78, 5) is 13.5. The van der Waals surface area contributed by atoms with E-state index < -0.39 is 0 Å². The Labute approximate surface area is 104 Å². The van der Waals surface area contributed by atoms with Crippen molar-refractivity contribution in [1.82, 2.24) is 10.2 Å². The first-order valence-electron chi connectivity index (χ1n) is 6.17. The summed E-state index contributed by atoms with van der Waals surface area (Å²) in [5, 5.41) is 2.85. The maximum atomic E-state index is 11.1. The fourth-order valence-electron chi connectivity index (χ4n) is 2.46. The van der Waals surface area contributed by atoms with Crippen LogP contribution in [0.25, 0.3) is 0 Å². The second kappa shape index (κ2) is 5.69. The molecule has 1 fully saturated rings. The molecule has 0 radical (unpaired) electrons. The number of nitrogens with two attached hydrogens (primary N) is 1. The highest BCUT2D eigenvalue weighted by molar-refractivity contribution is 5.67. The van der Waals surface area contributed by atoms with Crippen LogP contribution in [-0.4, -0.2) is 49.8 Å². The minimum Gasteiger partial charge on any atom is -0.453 e. The van der Waals surface area contributed by atoms with E-state index in [-0.39, 0.29) is 17.6 Å². The first kappa shape index (κ1) is 14.3. The molecule has 1 aliphatic rings. The van der Waals surface area contributed by atoms with Gasteiger partial charge in [0.05, 0.1) is 7.11 Å². The average Bonchev–Trinajstić information content (AvgIpc) is 2.65. The molecule has 5 nitrogen and oxygen atoms in total. The lowest BCUT2D eigenvalue weighted by molar-refractivity contribution is 0.126. The summed E-state index contributed by atoms with van der Waals surface area (Å²) >= 11 is 0. The van der Waals surface area contributed by atoms with Gasteiger partial charge in [-0.3, -0.25) is 4.90 Å². The highest BCUT2D eigenvalue weighted by Crippen LogP contribution is 2.26. The summed E-state index contributed by atoms with van der Waals surface area (Å²) in [5.41, 5.74) is 6.02. The average molecular weight is 243 g/mol. The van der Waals surface area contributed by atoms with E-state index in [0.29, 0.717) is 12.6 Å². The molecular formula is C12H25N3O2. The highest BCUT2D eigenvalue weighted by atomic mass is 16.5. The molecule has 1 aliphatic heterocycles. The van der Waals surface area contributed by atoms with Gasteiger partial charge in [0.2, 0.25) is 0 Å². The molecule has 1 heterocycles. The molecule has 17 heavy (non-hydrogen) atoms. The molecule has 0 bridgehead atoms. The monoisotopic (exact) mass is 243 g/mol. The van der Waals surface area contributed by atoms with E-state index in [1.54, 1.807) is 0 Å². The summed E-state index contributed by atoms with van der Waals surface area (Å²) < 4.78 is 4.61. The second-order valence-electron chi connectivity index (χ2n) is 5.73. The van der Waals surface area contributed by atoms with Crippen LogP contribution >= 0.6 is 0 Å². The summed E-state index contributed by atoms with van der Waals surface area (Å²) in [7, 11) is 1.39. The van der Waals surface area contributed by atoms with Gasteiger partial charge in [0.1, 0.15) is 0 Å². The predicted molar refractivity (Wildman–Crippen MR) is 67.8 cm³/mol. The van der Waals surface area contributed by atoms with Crippen LogP contribution in [0.1, 0.15) is 27.2 Å². The summed E-state index contributed by atoms with van der Waals surface area (Å²) in [6.07, 6.45) is 0.610. The molecule has 1 saturated heterocycles. The Balaban J connectivity index is 2.51. The molecule has 0 saturated carbocycles. The number of carbonyl (C=O) groups is 1. The minimum atomic E-state index is -0.350. The fourth-order valence-corrected chi connectivity index (χ4v) is 2.46. The number of likely N-dealkylation sites (tertiary alicyclic amines) is 1. The van der Waals surface area contributed by atoms with E-state index >= 15 is 0 Å². The molecule has 3 N–H and O–H groups in total. The lowest BCUT2D eigenvalue weighted by Gasteiger charge is -2.37. The van der Waals surface area contributed by atoms with E-state index in [1.807, 2.05) is 0 Å². The van der Waals surface area contributed by atoms with Crippen LogP contribution in [0.4, 0.5) is 4.79 Å². The van der Waals surface area contributed by atoms with Gasteiger partial charge < -0.3 is 15.8 Å². The van der Waals surface area contributed by atoms with Gasteiger partial charge in [-0.05, 0) is 11.8 Å². The number of alkyl carbamates (subject to hydrolysis) is 1. The van der Waals surface area contributed by atoms with E-state index in [2.05, 4.69) is 35.7 Å². The van der Waals surface area contributed by atoms with Gasteiger partial charge in [-0.2, -0.15) is 0 Å². The lowest BCUT2D eigenvalue weighted by atomic mass is 9.86. The molecule has 0 spiro atoms. The fraction of sp³-hybridized carbons (Fsp3) is 0.917. The van der Waals surface area contributed by atoms with Gasteiger partial charge in [-0.1, -0.05) is 20.8 Å². The van der Waals surface area contributed by atoms with Gasteiger partial charge in [0.25, 0.3) is 0 Å². The second-order valence-corrected chi connectivity index (χ2v) is 5.73. The molecule has 5 heteroatoms. The zero-order valence-corrected chi connectivity index (χ0v) is 11.3. The number of ether oxygens (including phenoxy) is 1. The number of nitrogens with zero attached hydrogens (tertiary/aromatic N) is 1. The van der Waals surface area contributed by atoms with Crippen molar-refractivity contribution in [1.29, 1.82) is 0 Å². The van der Waals surface area contributed by atoms with Crippen molar-refractivity contribution in [2.45, 2.75) is 39.3 Å².